The molecular formula is C16H26N2O5. The Morgan fingerprint density at radius 3 is 2.48 bits per heavy atom. The molecule has 23 heavy (non-hydrogen) atoms. The van der Waals surface area contributed by atoms with Gasteiger partial charge in [0.15, 0.2) is 0 Å². The summed E-state index contributed by atoms with van der Waals surface area (Å²) in [4.78, 5) is 38.3. The zero-order valence-corrected chi connectivity index (χ0v) is 14.3. The zero-order valence-electron chi connectivity index (χ0n) is 14.3. The standard InChI is InChI=1S/C16H26N2O5/c1-16(2,3)23-15(21)17-11-7-5-6-10-8-9-12(14(20)22-4)18(10)13(11)19/h10-12H,5-9H2,1-4H3,(H,17,21)/t10-,11-,12-/m0/s1. The van der Waals surface area contributed by atoms with E-state index in [0.717, 1.165) is 19.3 Å². The van der Waals surface area contributed by atoms with Gasteiger partial charge < -0.3 is 19.7 Å². The van der Waals surface area contributed by atoms with Crippen LogP contribution in [-0.2, 0) is 19.1 Å². The second kappa shape index (κ2) is 6.76. The van der Waals surface area contributed by atoms with Gasteiger partial charge in [-0.1, -0.05) is 0 Å². The van der Waals surface area contributed by atoms with Crippen molar-refractivity contribution in [1.29, 1.82) is 0 Å². The highest BCUT2D eigenvalue weighted by Gasteiger charge is 2.45. The number of carbonyl (C=O) groups is 3. The van der Waals surface area contributed by atoms with E-state index in [-0.39, 0.29) is 11.9 Å². The lowest BCUT2D eigenvalue weighted by molar-refractivity contribution is -0.152. The highest BCUT2D eigenvalue weighted by Crippen LogP contribution is 2.32. The maximum absolute atomic E-state index is 12.8. The smallest absolute Gasteiger partial charge is 0.408 e. The number of methoxy groups -OCH3 is 1. The maximum Gasteiger partial charge on any atom is 0.408 e. The zero-order chi connectivity index (χ0) is 17.2. The summed E-state index contributed by atoms with van der Waals surface area (Å²) >= 11 is 0. The first kappa shape index (κ1) is 17.6. The maximum atomic E-state index is 12.8. The molecule has 0 spiro atoms. The van der Waals surface area contributed by atoms with Gasteiger partial charge >= 0.3 is 12.1 Å². The minimum absolute atomic E-state index is 0.0528. The van der Waals surface area contributed by atoms with Crippen LogP contribution in [0, 0.1) is 0 Å². The molecule has 2 rings (SSSR count). The van der Waals surface area contributed by atoms with Crippen molar-refractivity contribution in [3.8, 4) is 0 Å². The minimum Gasteiger partial charge on any atom is -0.467 e. The number of nitrogens with one attached hydrogen (secondary N) is 1. The summed E-state index contributed by atoms with van der Waals surface area (Å²) < 4.78 is 10.0. The summed E-state index contributed by atoms with van der Waals surface area (Å²) in [6.45, 7) is 5.31. The lowest BCUT2D eigenvalue weighted by Crippen LogP contribution is -2.53. The van der Waals surface area contributed by atoms with Crippen LogP contribution in [-0.4, -0.2) is 53.7 Å². The van der Waals surface area contributed by atoms with Gasteiger partial charge in [0.25, 0.3) is 0 Å². The molecule has 2 fully saturated rings. The van der Waals surface area contributed by atoms with Crippen LogP contribution in [0.4, 0.5) is 4.79 Å². The Morgan fingerprint density at radius 2 is 1.87 bits per heavy atom. The molecular weight excluding hydrogens is 300 g/mol. The fraction of sp³-hybridized carbons (Fsp3) is 0.812. The second-order valence-corrected chi connectivity index (χ2v) is 7.15. The van der Waals surface area contributed by atoms with Gasteiger partial charge in [-0.05, 0) is 52.9 Å². The number of amides is 2. The van der Waals surface area contributed by atoms with E-state index in [2.05, 4.69) is 5.32 Å². The Labute approximate surface area is 136 Å². The molecule has 0 aromatic rings. The molecule has 7 heteroatoms. The first-order valence-corrected chi connectivity index (χ1v) is 8.12. The van der Waals surface area contributed by atoms with E-state index in [0.29, 0.717) is 12.8 Å². The van der Waals surface area contributed by atoms with Crippen molar-refractivity contribution in [2.75, 3.05) is 7.11 Å². The van der Waals surface area contributed by atoms with E-state index in [1.165, 1.54) is 7.11 Å². The summed E-state index contributed by atoms with van der Waals surface area (Å²) in [6, 6.07) is -1.14. The Morgan fingerprint density at radius 1 is 1.17 bits per heavy atom. The van der Waals surface area contributed by atoms with Gasteiger partial charge in [-0.2, -0.15) is 0 Å². The van der Waals surface area contributed by atoms with Crippen LogP contribution in [0.2, 0.25) is 0 Å². The van der Waals surface area contributed by atoms with Gasteiger partial charge in [-0.3, -0.25) is 4.79 Å². The third-order valence-corrected chi connectivity index (χ3v) is 4.25. The molecule has 1 N–H and O–H groups in total. The number of rotatable bonds is 2. The quantitative estimate of drug-likeness (QED) is 0.779. The van der Waals surface area contributed by atoms with Crippen molar-refractivity contribution in [3.05, 3.63) is 0 Å². The van der Waals surface area contributed by atoms with Gasteiger partial charge in [0, 0.05) is 6.04 Å². The van der Waals surface area contributed by atoms with Crippen molar-refractivity contribution >= 4 is 18.0 Å². The first-order valence-electron chi connectivity index (χ1n) is 8.12. The van der Waals surface area contributed by atoms with E-state index < -0.39 is 29.7 Å². The topological polar surface area (TPSA) is 84.9 Å². The molecule has 2 heterocycles. The molecule has 7 nitrogen and oxygen atoms in total. The van der Waals surface area contributed by atoms with Crippen LogP contribution in [0.15, 0.2) is 0 Å². The number of nitrogens with zero attached hydrogens (tertiary/aromatic N) is 1. The molecule has 0 radical (unpaired) electrons. The number of fused-ring (bicyclic) bond motifs is 1. The Balaban J connectivity index is 2.09. The molecule has 0 aromatic carbocycles. The van der Waals surface area contributed by atoms with Crippen molar-refractivity contribution in [2.45, 2.75) is 76.6 Å². The summed E-state index contributed by atoms with van der Waals surface area (Å²) in [5.41, 5.74) is -0.622. The first-order chi connectivity index (χ1) is 10.7. The second-order valence-electron chi connectivity index (χ2n) is 7.15. The fourth-order valence-corrected chi connectivity index (χ4v) is 3.31. The van der Waals surface area contributed by atoms with Gasteiger partial charge in [0.2, 0.25) is 5.91 Å². The minimum atomic E-state index is -0.653. The fourth-order valence-electron chi connectivity index (χ4n) is 3.31. The van der Waals surface area contributed by atoms with Gasteiger partial charge in [-0.15, -0.1) is 0 Å². The Hall–Kier alpha value is -1.79. The molecule has 0 unspecified atom stereocenters. The van der Waals surface area contributed by atoms with E-state index in [1.54, 1.807) is 25.7 Å². The Bertz CT molecular complexity index is 485. The van der Waals surface area contributed by atoms with E-state index in [9.17, 15) is 14.4 Å². The molecule has 0 aliphatic carbocycles. The third-order valence-electron chi connectivity index (χ3n) is 4.25. The summed E-state index contributed by atoms with van der Waals surface area (Å²) in [5, 5.41) is 2.65. The van der Waals surface area contributed by atoms with Gasteiger partial charge in [0.05, 0.1) is 7.11 Å². The average Bonchev–Trinajstić information content (AvgIpc) is 2.80. The summed E-state index contributed by atoms with van der Waals surface area (Å²) in [7, 11) is 1.33. The van der Waals surface area contributed by atoms with Crippen molar-refractivity contribution in [2.24, 2.45) is 0 Å². The molecule has 0 bridgehead atoms. The van der Waals surface area contributed by atoms with Crippen LogP contribution in [0.25, 0.3) is 0 Å². The van der Waals surface area contributed by atoms with Crippen LogP contribution in [0.3, 0.4) is 0 Å². The normalized spacial score (nSPS) is 27.9. The average molecular weight is 326 g/mol. The molecule has 130 valence electrons. The SMILES string of the molecule is COC(=O)[C@@H]1CC[C@@H]2CCC[C@H](NC(=O)OC(C)(C)C)C(=O)N21. The highest BCUT2D eigenvalue weighted by molar-refractivity contribution is 5.90. The predicted octanol–water partition coefficient (Wildman–Crippen LogP) is 1.60. The van der Waals surface area contributed by atoms with Crippen molar-refractivity contribution < 1.29 is 23.9 Å². The predicted molar refractivity (Wildman–Crippen MR) is 82.7 cm³/mol. The summed E-state index contributed by atoms with van der Waals surface area (Å²) in [6.07, 6.45) is 3.02. The van der Waals surface area contributed by atoms with Crippen LogP contribution >= 0.6 is 0 Å². The number of hydrogen-bond donors (Lipinski definition) is 1. The number of alkyl carbamates (subject to hydrolysis) is 1. The number of carbonyl (C=O) groups excluding carboxylic acids is 3. The van der Waals surface area contributed by atoms with Crippen LogP contribution < -0.4 is 5.32 Å². The van der Waals surface area contributed by atoms with Crippen LogP contribution in [0.1, 0.15) is 52.9 Å². The molecule has 0 saturated carbocycles. The van der Waals surface area contributed by atoms with Gasteiger partial charge in [0.1, 0.15) is 17.7 Å². The Kier molecular flexibility index (Phi) is 5.16. The number of ether oxygens (including phenoxy) is 2. The van der Waals surface area contributed by atoms with Crippen molar-refractivity contribution in [3.63, 3.8) is 0 Å². The van der Waals surface area contributed by atoms with Crippen molar-refractivity contribution in [1.82, 2.24) is 10.2 Å². The third kappa shape index (κ3) is 4.14. The van der Waals surface area contributed by atoms with Crippen LogP contribution in [0.5, 0.6) is 0 Å². The molecule has 3 atom stereocenters. The lowest BCUT2D eigenvalue weighted by Gasteiger charge is -2.30. The molecule has 2 aliphatic heterocycles. The van der Waals surface area contributed by atoms with E-state index in [1.807, 2.05) is 0 Å². The monoisotopic (exact) mass is 326 g/mol. The van der Waals surface area contributed by atoms with E-state index >= 15 is 0 Å². The van der Waals surface area contributed by atoms with Gasteiger partial charge in [-0.25, -0.2) is 9.59 Å². The lowest BCUT2D eigenvalue weighted by atomic mass is 10.1. The molecule has 2 saturated heterocycles. The highest BCUT2D eigenvalue weighted by atomic mass is 16.6. The molecule has 0 aromatic heterocycles. The number of hydrogen-bond acceptors (Lipinski definition) is 5. The summed E-state index contributed by atoms with van der Waals surface area (Å²) in [5.74, 6) is -0.606. The largest absolute Gasteiger partial charge is 0.467 e. The molecule has 2 aliphatic rings. The number of esters is 1. The van der Waals surface area contributed by atoms with E-state index in [4.69, 9.17) is 9.47 Å². The molecule has 2 amide bonds.